The Labute approximate surface area is 107 Å². The van der Waals surface area contributed by atoms with Crippen LogP contribution in [0.4, 0.5) is 8.78 Å². The lowest BCUT2D eigenvalue weighted by Crippen LogP contribution is -2.02. The van der Waals surface area contributed by atoms with E-state index in [0.717, 1.165) is 11.3 Å². The zero-order valence-corrected chi connectivity index (χ0v) is 10.5. The molecule has 1 N–H and O–H groups in total. The first kappa shape index (κ1) is 12.3. The maximum Gasteiger partial charge on any atom is 0.387 e. The maximum absolute atomic E-state index is 12.1. The Balaban J connectivity index is 2.51. The van der Waals surface area contributed by atoms with Crippen molar-refractivity contribution in [1.82, 2.24) is 0 Å². The van der Waals surface area contributed by atoms with E-state index in [2.05, 4.69) is 20.7 Å². The highest BCUT2D eigenvalue weighted by atomic mass is 79.9. The van der Waals surface area contributed by atoms with Crippen molar-refractivity contribution in [3.63, 3.8) is 0 Å². The molecule has 0 amide bonds. The van der Waals surface area contributed by atoms with Gasteiger partial charge in [0.15, 0.2) is 0 Å². The van der Waals surface area contributed by atoms with Gasteiger partial charge in [-0.05, 0) is 39.5 Å². The number of carboxylic acids is 1. The molecule has 2 rings (SSSR count). The van der Waals surface area contributed by atoms with E-state index in [-0.39, 0.29) is 10.6 Å². The highest BCUT2D eigenvalue weighted by Crippen LogP contribution is 2.35. The van der Waals surface area contributed by atoms with E-state index in [4.69, 9.17) is 5.11 Å². The Morgan fingerprint density at radius 1 is 1.41 bits per heavy atom. The molecule has 7 heteroatoms. The lowest BCUT2D eigenvalue weighted by Gasteiger charge is -2.06. The van der Waals surface area contributed by atoms with E-state index in [1.54, 1.807) is 6.07 Å². The first-order chi connectivity index (χ1) is 7.97. The molecular formula is C10H5BrF2O3S. The van der Waals surface area contributed by atoms with Crippen molar-refractivity contribution in [2.75, 3.05) is 0 Å². The lowest BCUT2D eigenvalue weighted by molar-refractivity contribution is -0.0502. The van der Waals surface area contributed by atoms with Gasteiger partial charge in [-0.3, -0.25) is 0 Å². The van der Waals surface area contributed by atoms with Gasteiger partial charge in [-0.2, -0.15) is 8.78 Å². The predicted octanol–water partition coefficient (Wildman–Crippen LogP) is 3.96. The summed E-state index contributed by atoms with van der Waals surface area (Å²) in [6.07, 6.45) is 0. The molecule has 0 unspecified atom stereocenters. The number of benzene rings is 1. The zero-order valence-electron chi connectivity index (χ0n) is 8.12. The molecule has 0 saturated heterocycles. The number of carbonyl (C=O) groups is 1. The third-order valence-electron chi connectivity index (χ3n) is 2.00. The molecule has 0 bridgehead atoms. The van der Waals surface area contributed by atoms with Gasteiger partial charge < -0.3 is 9.84 Å². The van der Waals surface area contributed by atoms with Gasteiger partial charge in [0.1, 0.15) is 10.6 Å². The smallest absolute Gasteiger partial charge is 0.387 e. The molecule has 1 heterocycles. The molecule has 0 radical (unpaired) electrons. The number of ether oxygens (including phenoxy) is 1. The van der Waals surface area contributed by atoms with Gasteiger partial charge in [-0.1, -0.05) is 0 Å². The fraction of sp³-hybridized carbons (Fsp3) is 0.100. The number of thiophene rings is 1. The van der Waals surface area contributed by atoms with Crippen molar-refractivity contribution in [2.24, 2.45) is 0 Å². The summed E-state index contributed by atoms with van der Waals surface area (Å²) in [5, 5.41) is 9.38. The van der Waals surface area contributed by atoms with Gasteiger partial charge in [0.2, 0.25) is 0 Å². The number of aromatic carboxylic acids is 1. The molecule has 90 valence electrons. The first-order valence-corrected chi connectivity index (χ1v) is 5.99. The van der Waals surface area contributed by atoms with Crippen LogP contribution < -0.4 is 4.74 Å². The van der Waals surface area contributed by atoms with Crippen LogP contribution in [0.1, 0.15) is 9.67 Å². The normalized spacial score (nSPS) is 11.1. The van der Waals surface area contributed by atoms with Gasteiger partial charge >= 0.3 is 12.6 Å². The fourth-order valence-electron chi connectivity index (χ4n) is 1.33. The maximum atomic E-state index is 12.1. The molecule has 0 aliphatic carbocycles. The second-order valence-electron chi connectivity index (χ2n) is 3.11. The molecule has 0 saturated carbocycles. The number of halogens is 3. The number of alkyl halides is 2. The van der Waals surface area contributed by atoms with Crippen molar-refractivity contribution in [1.29, 1.82) is 0 Å². The Kier molecular flexibility index (Phi) is 3.30. The number of fused-ring (bicyclic) bond motifs is 1. The van der Waals surface area contributed by atoms with E-state index >= 15 is 0 Å². The SMILES string of the molecule is O=C(O)c1cc2cc(OC(F)F)c(Br)cc2s1. The summed E-state index contributed by atoms with van der Waals surface area (Å²) < 4.78 is 29.6. The average molecular weight is 323 g/mol. The average Bonchev–Trinajstić information content (AvgIpc) is 2.60. The Hall–Kier alpha value is -1.21. The van der Waals surface area contributed by atoms with Crippen LogP contribution in [0.2, 0.25) is 0 Å². The van der Waals surface area contributed by atoms with Crippen LogP contribution in [-0.2, 0) is 0 Å². The van der Waals surface area contributed by atoms with Gasteiger partial charge in [0, 0.05) is 4.70 Å². The summed E-state index contributed by atoms with van der Waals surface area (Å²) in [4.78, 5) is 10.9. The summed E-state index contributed by atoms with van der Waals surface area (Å²) in [5.41, 5.74) is 0. The molecule has 0 aliphatic heterocycles. The molecular weight excluding hydrogens is 318 g/mol. The second kappa shape index (κ2) is 4.58. The van der Waals surface area contributed by atoms with E-state index in [9.17, 15) is 13.6 Å². The highest BCUT2D eigenvalue weighted by Gasteiger charge is 2.13. The minimum absolute atomic E-state index is 0.0118. The molecule has 3 nitrogen and oxygen atoms in total. The number of carboxylic acid groups (broad SMARTS) is 1. The molecule has 0 aliphatic rings. The number of rotatable bonds is 3. The van der Waals surface area contributed by atoms with Crippen LogP contribution in [-0.4, -0.2) is 17.7 Å². The summed E-state index contributed by atoms with van der Waals surface area (Å²) in [6, 6.07) is 4.37. The van der Waals surface area contributed by atoms with Crippen LogP contribution >= 0.6 is 27.3 Å². The van der Waals surface area contributed by atoms with Crippen LogP contribution in [0.15, 0.2) is 22.7 Å². The summed E-state index contributed by atoms with van der Waals surface area (Å²) in [7, 11) is 0. The largest absolute Gasteiger partial charge is 0.477 e. The van der Waals surface area contributed by atoms with Gasteiger partial charge in [-0.25, -0.2) is 4.79 Å². The molecule has 0 spiro atoms. The molecule has 1 aromatic heterocycles. The number of hydrogen-bond donors (Lipinski definition) is 1. The van der Waals surface area contributed by atoms with E-state index in [1.807, 2.05) is 0 Å². The zero-order chi connectivity index (χ0) is 12.6. The molecule has 1 aromatic carbocycles. The van der Waals surface area contributed by atoms with Crippen molar-refractivity contribution in [3.8, 4) is 5.75 Å². The third-order valence-corrected chi connectivity index (χ3v) is 3.70. The topological polar surface area (TPSA) is 46.5 Å². The predicted molar refractivity (Wildman–Crippen MR) is 63.1 cm³/mol. The summed E-state index contributed by atoms with van der Waals surface area (Å²) in [5.74, 6) is -1.05. The number of hydrogen-bond acceptors (Lipinski definition) is 3. The van der Waals surface area contributed by atoms with Crippen molar-refractivity contribution < 1.29 is 23.4 Å². The minimum Gasteiger partial charge on any atom is -0.477 e. The van der Waals surface area contributed by atoms with Crippen LogP contribution in [0.25, 0.3) is 10.1 Å². The van der Waals surface area contributed by atoms with E-state index < -0.39 is 12.6 Å². The highest BCUT2D eigenvalue weighted by molar-refractivity contribution is 9.10. The third kappa shape index (κ3) is 2.55. The Morgan fingerprint density at radius 2 is 2.12 bits per heavy atom. The van der Waals surface area contributed by atoms with Crippen molar-refractivity contribution >= 4 is 43.3 Å². The second-order valence-corrected chi connectivity index (χ2v) is 5.05. The van der Waals surface area contributed by atoms with Crippen LogP contribution in [0.5, 0.6) is 5.75 Å². The summed E-state index contributed by atoms with van der Waals surface area (Å²) in [6.45, 7) is -2.92. The Morgan fingerprint density at radius 3 is 2.71 bits per heavy atom. The standard InChI is InChI=1S/C10H5BrF2O3S/c11-5-3-7-4(1-6(5)16-10(12)13)2-8(17-7)9(14)15/h1-3,10H,(H,14,15). The molecule has 17 heavy (non-hydrogen) atoms. The van der Waals surface area contributed by atoms with E-state index in [0.29, 0.717) is 14.6 Å². The van der Waals surface area contributed by atoms with Gasteiger partial charge in [0.05, 0.1) is 4.47 Å². The van der Waals surface area contributed by atoms with Crippen molar-refractivity contribution in [2.45, 2.75) is 6.61 Å². The van der Waals surface area contributed by atoms with Crippen LogP contribution in [0, 0.1) is 0 Å². The molecule has 2 aromatic rings. The lowest BCUT2D eigenvalue weighted by atomic mass is 10.2. The Bertz CT molecular complexity index is 582. The van der Waals surface area contributed by atoms with E-state index in [1.165, 1.54) is 12.1 Å². The minimum atomic E-state index is -2.92. The monoisotopic (exact) mass is 322 g/mol. The molecule has 0 atom stereocenters. The van der Waals surface area contributed by atoms with Crippen molar-refractivity contribution in [3.05, 3.63) is 27.5 Å². The quantitative estimate of drug-likeness (QED) is 0.930. The van der Waals surface area contributed by atoms with Crippen LogP contribution in [0.3, 0.4) is 0 Å². The van der Waals surface area contributed by atoms with Gasteiger partial charge in [-0.15, -0.1) is 11.3 Å². The first-order valence-electron chi connectivity index (χ1n) is 4.38. The van der Waals surface area contributed by atoms with Gasteiger partial charge in [0.25, 0.3) is 0 Å². The molecule has 0 fully saturated rings. The fourth-order valence-corrected chi connectivity index (χ4v) is 2.84. The summed E-state index contributed by atoms with van der Waals surface area (Å²) >= 11 is 4.17.